The number of halogens is 1. The smallest absolute Gasteiger partial charge is 0.323 e. The summed E-state index contributed by atoms with van der Waals surface area (Å²) < 4.78 is 0. The third kappa shape index (κ3) is 6.29. The molecule has 0 aliphatic heterocycles. The predicted molar refractivity (Wildman–Crippen MR) is 90.3 cm³/mol. The topological polar surface area (TPSA) is 49.3 Å². The molecule has 0 aliphatic rings. The average Bonchev–Trinajstić information content (AvgIpc) is 2.39. The molecule has 21 heavy (non-hydrogen) atoms. The summed E-state index contributed by atoms with van der Waals surface area (Å²) in [6.45, 7) is 5.69. The van der Waals surface area contributed by atoms with Crippen LogP contribution in [0.15, 0.2) is 29.2 Å². The third-order valence-corrected chi connectivity index (χ3v) is 4.85. The summed E-state index contributed by atoms with van der Waals surface area (Å²) in [7, 11) is 0. The van der Waals surface area contributed by atoms with Crippen molar-refractivity contribution in [2.24, 2.45) is 0 Å². The van der Waals surface area contributed by atoms with Gasteiger partial charge in [-0.05, 0) is 51.5 Å². The second kappa shape index (κ2) is 8.66. The first-order chi connectivity index (χ1) is 9.85. The molecule has 0 radical (unpaired) electrons. The van der Waals surface area contributed by atoms with Gasteiger partial charge in [0.15, 0.2) is 0 Å². The minimum Gasteiger partial charge on any atom is -0.480 e. The van der Waals surface area contributed by atoms with E-state index in [0.717, 1.165) is 28.5 Å². The van der Waals surface area contributed by atoms with Gasteiger partial charge in [0, 0.05) is 10.9 Å². The van der Waals surface area contributed by atoms with E-state index in [1.54, 1.807) is 18.7 Å². The number of carboxylic acids is 1. The number of nitrogens with one attached hydrogen (secondary N) is 1. The highest BCUT2D eigenvalue weighted by atomic mass is 35.5. The van der Waals surface area contributed by atoms with Crippen molar-refractivity contribution in [3.8, 4) is 0 Å². The second-order valence-electron chi connectivity index (χ2n) is 5.67. The molecule has 0 saturated heterocycles. The highest BCUT2D eigenvalue weighted by Crippen LogP contribution is 2.27. The molecule has 3 nitrogen and oxygen atoms in total. The normalized spacial score (nSPS) is 14.1. The maximum Gasteiger partial charge on any atom is 0.323 e. The minimum atomic E-state index is -0.844. The molecule has 0 saturated carbocycles. The van der Waals surface area contributed by atoms with E-state index in [1.807, 2.05) is 38.1 Å². The molecule has 0 fully saturated rings. The third-order valence-electron chi connectivity index (χ3n) is 3.24. The van der Waals surface area contributed by atoms with Crippen molar-refractivity contribution >= 4 is 29.3 Å². The largest absolute Gasteiger partial charge is 0.480 e. The average molecular weight is 330 g/mol. The van der Waals surface area contributed by atoms with Gasteiger partial charge in [0.1, 0.15) is 5.54 Å². The predicted octanol–water partition coefficient (Wildman–Crippen LogP) is 4.44. The SMILES string of the molecule is CC(C)NC(C)(CCCCSc1ccccc1Cl)C(=O)O. The van der Waals surface area contributed by atoms with E-state index in [2.05, 4.69) is 5.32 Å². The fourth-order valence-electron chi connectivity index (χ4n) is 2.20. The zero-order valence-electron chi connectivity index (χ0n) is 12.9. The Hall–Kier alpha value is -0.710. The summed E-state index contributed by atoms with van der Waals surface area (Å²) in [5, 5.41) is 13.3. The standard InChI is InChI=1S/C16H24ClNO2S/c1-12(2)18-16(3,15(19)20)10-6-7-11-21-14-9-5-4-8-13(14)17/h4-5,8-9,12,18H,6-7,10-11H2,1-3H3,(H,19,20). The van der Waals surface area contributed by atoms with Crippen LogP contribution >= 0.6 is 23.4 Å². The van der Waals surface area contributed by atoms with E-state index in [-0.39, 0.29) is 6.04 Å². The molecular formula is C16H24ClNO2S. The second-order valence-corrected chi connectivity index (χ2v) is 7.22. The zero-order chi connectivity index (χ0) is 15.9. The van der Waals surface area contributed by atoms with Crippen molar-refractivity contribution in [1.29, 1.82) is 0 Å². The van der Waals surface area contributed by atoms with Crippen LogP contribution in [-0.2, 0) is 4.79 Å². The highest BCUT2D eigenvalue weighted by Gasteiger charge is 2.32. The van der Waals surface area contributed by atoms with E-state index in [4.69, 9.17) is 11.6 Å². The zero-order valence-corrected chi connectivity index (χ0v) is 14.4. The van der Waals surface area contributed by atoms with Crippen molar-refractivity contribution in [1.82, 2.24) is 5.32 Å². The Kier molecular flexibility index (Phi) is 7.57. The van der Waals surface area contributed by atoms with Crippen LogP contribution in [0.5, 0.6) is 0 Å². The van der Waals surface area contributed by atoms with Crippen molar-refractivity contribution in [3.05, 3.63) is 29.3 Å². The number of carbonyl (C=O) groups is 1. The molecule has 0 aromatic heterocycles. The van der Waals surface area contributed by atoms with Gasteiger partial charge in [-0.3, -0.25) is 10.1 Å². The van der Waals surface area contributed by atoms with Gasteiger partial charge in [-0.25, -0.2) is 0 Å². The van der Waals surface area contributed by atoms with Crippen molar-refractivity contribution in [3.63, 3.8) is 0 Å². The molecule has 1 rings (SSSR count). The number of benzene rings is 1. The lowest BCUT2D eigenvalue weighted by molar-refractivity contribution is -0.144. The van der Waals surface area contributed by atoms with Gasteiger partial charge >= 0.3 is 5.97 Å². The number of unbranched alkanes of at least 4 members (excludes halogenated alkanes) is 1. The molecule has 5 heteroatoms. The van der Waals surface area contributed by atoms with E-state index < -0.39 is 11.5 Å². The van der Waals surface area contributed by atoms with Gasteiger partial charge in [-0.2, -0.15) is 0 Å². The van der Waals surface area contributed by atoms with Gasteiger partial charge in [0.25, 0.3) is 0 Å². The molecule has 0 spiro atoms. The number of hydrogen-bond donors (Lipinski definition) is 2. The van der Waals surface area contributed by atoms with Crippen LogP contribution in [-0.4, -0.2) is 28.4 Å². The Balaban J connectivity index is 2.35. The Morgan fingerprint density at radius 2 is 2.05 bits per heavy atom. The number of aliphatic carboxylic acids is 1. The Labute approximate surface area is 136 Å². The molecule has 2 N–H and O–H groups in total. The quantitative estimate of drug-likeness (QED) is 0.519. The lowest BCUT2D eigenvalue weighted by Crippen LogP contribution is -2.52. The number of thioether (sulfide) groups is 1. The summed E-state index contributed by atoms with van der Waals surface area (Å²) in [6, 6.07) is 7.94. The summed E-state index contributed by atoms with van der Waals surface area (Å²) in [4.78, 5) is 12.5. The molecule has 118 valence electrons. The van der Waals surface area contributed by atoms with Gasteiger partial charge < -0.3 is 5.11 Å². The fourth-order valence-corrected chi connectivity index (χ4v) is 3.45. The minimum absolute atomic E-state index is 0.156. The number of rotatable bonds is 9. The van der Waals surface area contributed by atoms with Gasteiger partial charge in [0.2, 0.25) is 0 Å². The van der Waals surface area contributed by atoms with Crippen molar-refractivity contribution < 1.29 is 9.90 Å². The first kappa shape index (κ1) is 18.3. The van der Waals surface area contributed by atoms with E-state index in [0.29, 0.717) is 6.42 Å². The maximum absolute atomic E-state index is 11.4. The summed E-state index contributed by atoms with van der Waals surface area (Å²) >= 11 is 7.82. The molecule has 1 aromatic carbocycles. The van der Waals surface area contributed by atoms with E-state index >= 15 is 0 Å². The first-order valence-electron chi connectivity index (χ1n) is 7.23. The van der Waals surface area contributed by atoms with Crippen molar-refractivity contribution in [2.75, 3.05) is 5.75 Å². The van der Waals surface area contributed by atoms with Gasteiger partial charge in [0.05, 0.1) is 5.02 Å². The molecule has 0 amide bonds. The number of hydrogen-bond acceptors (Lipinski definition) is 3. The first-order valence-corrected chi connectivity index (χ1v) is 8.60. The molecule has 1 unspecified atom stereocenters. The van der Waals surface area contributed by atoms with Crippen LogP contribution < -0.4 is 5.32 Å². The lowest BCUT2D eigenvalue weighted by atomic mass is 9.94. The summed E-state index contributed by atoms with van der Waals surface area (Å²) in [5.41, 5.74) is -0.844. The fraction of sp³-hybridized carbons (Fsp3) is 0.562. The molecule has 0 heterocycles. The molecule has 1 aromatic rings. The van der Waals surface area contributed by atoms with Crippen LogP contribution in [0.4, 0.5) is 0 Å². The Bertz CT molecular complexity index is 467. The van der Waals surface area contributed by atoms with Crippen LogP contribution in [0.2, 0.25) is 5.02 Å². The number of carboxylic acid groups (broad SMARTS) is 1. The Morgan fingerprint density at radius 1 is 1.38 bits per heavy atom. The Morgan fingerprint density at radius 3 is 2.62 bits per heavy atom. The van der Waals surface area contributed by atoms with Gasteiger partial charge in [-0.1, -0.05) is 30.2 Å². The highest BCUT2D eigenvalue weighted by molar-refractivity contribution is 7.99. The lowest BCUT2D eigenvalue weighted by Gasteiger charge is -2.28. The maximum atomic E-state index is 11.4. The van der Waals surface area contributed by atoms with Crippen molar-refractivity contribution in [2.45, 2.75) is 56.5 Å². The van der Waals surface area contributed by atoms with Crippen LogP contribution in [0, 0.1) is 0 Å². The summed E-state index contributed by atoms with van der Waals surface area (Å²) in [5.74, 6) is 0.163. The van der Waals surface area contributed by atoms with Crippen LogP contribution in [0.25, 0.3) is 0 Å². The van der Waals surface area contributed by atoms with E-state index in [9.17, 15) is 9.90 Å². The molecule has 1 atom stereocenters. The molecular weight excluding hydrogens is 306 g/mol. The molecule has 0 aliphatic carbocycles. The summed E-state index contributed by atoms with van der Waals surface area (Å²) in [6.07, 6.45) is 2.47. The van der Waals surface area contributed by atoms with E-state index in [1.165, 1.54) is 0 Å². The van der Waals surface area contributed by atoms with Gasteiger partial charge in [-0.15, -0.1) is 11.8 Å². The van der Waals surface area contributed by atoms with Crippen LogP contribution in [0.3, 0.4) is 0 Å². The van der Waals surface area contributed by atoms with Crippen LogP contribution in [0.1, 0.15) is 40.0 Å². The monoisotopic (exact) mass is 329 g/mol. The molecule has 0 bridgehead atoms.